The summed E-state index contributed by atoms with van der Waals surface area (Å²) in [7, 11) is 0. The number of carbonyl (C=O) groups excluding carboxylic acids is 1. The summed E-state index contributed by atoms with van der Waals surface area (Å²) in [5.74, 6) is -0.285. The number of ether oxygens (including phenoxy) is 1. The van der Waals surface area contributed by atoms with E-state index in [-0.39, 0.29) is 5.97 Å². The number of esters is 1. The molecule has 1 atom stereocenters. The molecule has 0 N–H and O–H groups in total. The molecule has 0 saturated carbocycles. The third-order valence-electron chi connectivity index (χ3n) is 4.30. The van der Waals surface area contributed by atoms with E-state index < -0.39 is 6.10 Å². The van der Waals surface area contributed by atoms with Gasteiger partial charge in [0.15, 0.2) is 0 Å². The zero-order chi connectivity index (χ0) is 18.0. The molecule has 138 valence electrons. The molecule has 1 unspecified atom stereocenters. The molecular formula is C21H37NO2. The minimum Gasteiger partial charge on any atom is -0.442 e. The molecule has 3 nitrogen and oxygen atoms in total. The van der Waals surface area contributed by atoms with Crippen LogP contribution in [0.2, 0.25) is 0 Å². The van der Waals surface area contributed by atoms with Crippen molar-refractivity contribution in [2.45, 2.75) is 110 Å². The van der Waals surface area contributed by atoms with Gasteiger partial charge in [-0.2, -0.15) is 5.26 Å². The maximum Gasteiger partial charge on any atom is 0.307 e. The summed E-state index contributed by atoms with van der Waals surface area (Å²) in [5, 5.41) is 8.84. The standard InChI is InChI=1S/C21H37NO2/c1-4-5-6-7-8-9-10-11-12-13-14-15-16-17-21(23)24-20(18-22)19(2)3/h20H,2,4-17H2,1,3H3. The quantitative estimate of drug-likeness (QED) is 0.184. The summed E-state index contributed by atoms with van der Waals surface area (Å²) >= 11 is 0. The molecule has 0 aliphatic rings. The van der Waals surface area contributed by atoms with Crippen molar-refractivity contribution < 1.29 is 9.53 Å². The molecule has 0 aromatic carbocycles. The second-order valence-corrected chi connectivity index (χ2v) is 6.84. The fourth-order valence-corrected chi connectivity index (χ4v) is 2.71. The van der Waals surface area contributed by atoms with Gasteiger partial charge in [0.25, 0.3) is 0 Å². The van der Waals surface area contributed by atoms with Crippen LogP contribution in [-0.2, 0) is 9.53 Å². The summed E-state index contributed by atoms with van der Waals surface area (Å²) in [4.78, 5) is 11.6. The molecule has 0 spiro atoms. The highest BCUT2D eigenvalue weighted by molar-refractivity contribution is 5.70. The Balaban J connectivity index is 3.32. The minimum absolute atomic E-state index is 0.285. The molecule has 0 aliphatic heterocycles. The van der Waals surface area contributed by atoms with Crippen molar-refractivity contribution in [3.05, 3.63) is 12.2 Å². The van der Waals surface area contributed by atoms with Crippen molar-refractivity contribution in [3.63, 3.8) is 0 Å². The van der Waals surface area contributed by atoms with Gasteiger partial charge in [-0.05, 0) is 18.9 Å². The summed E-state index contributed by atoms with van der Waals surface area (Å²) in [6.07, 6.45) is 16.3. The van der Waals surface area contributed by atoms with Gasteiger partial charge in [0, 0.05) is 6.42 Å². The number of carbonyl (C=O) groups is 1. The lowest BCUT2D eigenvalue weighted by Gasteiger charge is -2.10. The van der Waals surface area contributed by atoms with Crippen LogP contribution in [-0.4, -0.2) is 12.1 Å². The Morgan fingerprint density at radius 2 is 1.33 bits per heavy atom. The van der Waals surface area contributed by atoms with E-state index in [4.69, 9.17) is 10.00 Å². The van der Waals surface area contributed by atoms with Gasteiger partial charge in [-0.1, -0.05) is 90.6 Å². The minimum atomic E-state index is -0.792. The van der Waals surface area contributed by atoms with E-state index in [1.54, 1.807) is 6.92 Å². The lowest BCUT2D eigenvalue weighted by atomic mass is 10.0. The van der Waals surface area contributed by atoms with Crippen LogP contribution in [0.3, 0.4) is 0 Å². The van der Waals surface area contributed by atoms with E-state index in [2.05, 4.69) is 13.5 Å². The Hall–Kier alpha value is -1.30. The van der Waals surface area contributed by atoms with Crippen LogP contribution in [0.5, 0.6) is 0 Å². The Morgan fingerprint density at radius 3 is 1.71 bits per heavy atom. The molecule has 0 amide bonds. The average molecular weight is 336 g/mol. The molecule has 0 bridgehead atoms. The van der Waals surface area contributed by atoms with Crippen LogP contribution in [0, 0.1) is 11.3 Å². The van der Waals surface area contributed by atoms with Crippen molar-refractivity contribution in [2.24, 2.45) is 0 Å². The van der Waals surface area contributed by atoms with Crippen LogP contribution in [0.4, 0.5) is 0 Å². The first kappa shape index (κ1) is 22.7. The molecule has 0 aliphatic carbocycles. The first-order valence-electron chi connectivity index (χ1n) is 9.86. The fraction of sp³-hybridized carbons (Fsp3) is 0.810. The van der Waals surface area contributed by atoms with E-state index in [9.17, 15) is 4.79 Å². The molecule has 0 rings (SSSR count). The predicted octanol–water partition coefficient (Wildman–Crippen LogP) is 6.48. The second-order valence-electron chi connectivity index (χ2n) is 6.84. The summed E-state index contributed by atoms with van der Waals surface area (Å²) in [5.41, 5.74) is 0.580. The van der Waals surface area contributed by atoms with E-state index >= 15 is 0 Å². The van der Waals surface area contributed by atoms with Crippen molar-refractivity contribution in [1.29, 1.82) is 5.26 Å². The highest BCUT2D eigenvalue weighted by Gasteiger charge is 2.13. The highest BCUT2D eigenvalue weighted by Crippen LogP contribution is 2.13. The van der Waals surface area contributed by atoms with Crippen LogP contribution in [0.1, 0.15) is 104 Å². The molecule has 0 aromatic heterocycles. The number of unbranched alkanes of at least 4 members (excludes halogenated alkanes) is 12. The Kier molecular flexibility index (Phi) is 15.7. The number of rotatable bonds is 16. The molecule has 3 heteroatoms. The van der Waals surface area contributed by atoms with Gasteiger partial charge in [-0.15, -0.1) is 0 Å². The molecule has 0 saturated heterocycles. The molecule has 0 fully saturated rings. The number of nitriles is 1. The smallest absolute Gasteiger partial charge is 0.307 e. The molecular weight excluding hydrogens is 298 g/mol. The first-order valence-corrected chi connectivity index (χ1v) is 9.86. The molecule has 0 heterocycles. The van der Waals surface area contributed by atoms with Gasteiger partial charge in [0.1, 0.15) is 6.07 Å². The predicted molar refractivity (Wildman–Crippen MR) is 101 cm³/mol. The van der Waals surface area contributed by atoms with Gasteiger partial charge < -0.3 is 4.74 Å². The first-order chi connectivity index (χ1) is 11.6. The van der Waals surface area contributed by atoms with E-state index in [1.807, 2.05) is 6.07 Å². The van der Waals surface area contributed by atoms with Gasteiger partial charge in [0.2, 0.25) is 6.10 Å². The van der Waals surface area contributed by atoms with E-state index in [1.165, 1.54) is 70.6 Å². The zero-order valence-electron chi connectivity index (χ0n) is 15.9. The van der Waals surface area contributed by atoms with Crippen molar-refractivity contribution in [1.82, 2.24) is 0 Å². The Labute approximate surface area is 149 Å². The molecule has 0 aromatic rings. The number of hydrogen-bond donors (Lipinski definition) is 0. The van der Waals surface area contributed by atoms with Crippen molar-refractivity contribution in [2.75, 3.05) is 0 Å². The maximum absolute atomic E-state index is 11.6. The second kappa shape index (κ2) is 16.6. The van der Waals surface area contributed by atoms with E-state index in [0.29, 0.717) is 12.0 Å². The lowest BCUT2D eigenvalue weighted by Crippen LogP contribution is -2.16. The third kappa shape index (κ3) is 14.3. The van der Waals surface area contributed by atoms with Crippen LogP contribution >= 0.6 is 0 Å². The third-order valence-corrected chi connectivity index (χ3v) is 4.30. The average Bonchev–Trinajstić information content (AvgIpc) is 2.56. The Bertz CT molecular complexity index is 371. The fourth-order valence-electron chi connectivity index (χ4n) is 2.71. The molecule has 0 radical (unpaired) electrons. The van der Waals surface area contributed by atoms with Crippen molar-refractivity contribution >= 4 is 5.97 Å². The summed E-state index contributed by atoms with van der Waals surface area (Å²) in [6.45, 7) is 7.61. The number of hydrogen-bond acceptors (Lipinski definition) is 3. The summed E-state index contributed by atoms with van der Waals surface area (Å²) < 4.78 is 5.07. The highest BCUT2D eigenvalue weighted by atomic mass is 16.5. The largest absolute Gasteiger partial charge is 0.442 e. The monoisotopic (exact) mass is 335 g/mol. The van der Waals surface area contributed by atoms with Gasteiger partial charge in [-0.25, -0.2) is 0 Å². The van der Waals surface area contributed by atoms with Gasteiger partial charge in [0.05, 0.1) is 0 Å². The van der Waals surface area contributed by atoms with Crippen LogP contribution in [0.25, 0.3) is 0 Å². The lowest BCUT2D eigenvalue weighted by molar-refractivity contribution is -0.145. The summed E-state index contributed by atoms with van der Waals surface area (Å²) in [6, 6.07) is 1.94. The zero-order valence-corrected chi connectivity index (χ0v) is 15.9. The van der Waals surface area contributed by atoms with Crippen LogP contribution < -0.4 is 0 Å². The van der Waals surface area contributed by atoms with Gasteiger partial charge >= 0.3 is 5.97 Å². The van der Waals surface area contributed by atoms with Crippen LogP contribution in [0.15, 0.2) is 12.2 Å². The topological polar surface area (TPSA) is 50.1 Å². The van der Waals surface area contributed by atoms with Crippen molar-refractivity contribution in [3.8, 4) is 6.07 Å². The maximum atomic E-state index is 11.6. The number of nitrogens with zero attached hydrogens (tertiary/aromatic N) is 1. The molecule has 24 heavy (non-hydrogen) atoms. The Morgan fingerprint density at radius 1 is 0.917 bits per heavy atom. The SMILES string of the molecule is C=C(C)C(C#N)OC(=O)CCCCCCCCCCCCCCC. The van der Waals surface area contributed by atoms with Gasteiger partial charge in [-0.3, -0.25) is 4.79 Å². The normalized spacial score (nSPS) is 11.7. The van der Waals surface area contributed by atoms with E-state index in [0.717, 1.165) is 12.8 Å².